The fourth-order valence-corrected chi connectivity index (χ4v) is 6.56. The van der Waals surface area contributed by atoms with Crippen LogP contribution in [0.2, 0.25) is 0 Å². The minimum atomic E-state index is -3.60. The van der Waals surface area contributed by atoms with Crippen LogP contribution in [0.5, 0.6) is 0 Å². The van der Waals surface area contributed by atoms with E-state index in [4.69, 9.17) is 0 Å². The monoisotopic (exact) mass is 574 g/mol. The van der Waals surface area contributed by atoms with Gasteiger partial charge in [-0.25, -0.2) is 17.8 Å². The number of anilines is 3. The molecule has 2 aliphatic heterocycles. The number of pyridine rings is 2. The van der Waals surface area contributed by atoms with E-state index in [0.29, 0.717) is 28.6 Å². The van der Waals surface area contributed by atoms with Gasteiger partial charge in [-0.05, 0) is 38.6 Å². The van der Waals surface area contributed by atoms with Crippen molar-refractivity contribution in [2.45, 2.75) is 37.6 Å². The summed E-state index contributed by atoms with van der Waals surface area (Å²) in [5.41, 5.74) is 2.62. The van der Waals surface area contributed by atoms with Crippen molar-refractivity contribution in [1.29, 1.82) is 0 Å². The van der Waals surface area contributed by atoms with Gasteiger partial charge in [0.2, 0.25) is 15.9 Å². The van der Waals surface area contributed by atoms with Crippen molar-refractivity contribution in [3.05, 3.63) is 42.0 Å². The molecule has 1 spiro atoms. The summed E-state index contributed by atoms with van der Waals surface area (Å²) in [7, 11) is 0.216. The summed E-state index contributed by atoms with van der Waals surface area (Å²) in [5.74, 6) is 0.0919. The van der Waals surface area contributed by atoms with Crippen molar-refractivity contribution in [2.75, 3.05) is 54.5 Å². The Bertz CT molecular complexity index is 1590. The lowest BCUT2D eigenvalue weighted by molar-refractivity contribution is -0.125. The Labute approximate surface area is 233 Å². The predicted molar refractivity (Wildman–Crippen MR) is 154 cm³/mol. The molecule has 1 aromatic carbocycles. The highest BCUT2D eigenvalue weighted by Gasteiger charge is 2.54. The van der Waals surface area contributed by atoms with Crippen molar-refractivity contribution < 1.29 is 17.6 Å². The summed E-state index contributed by atoms with van der Waals surface area (Å²) in [6.07, 6.45) is 6.81. The molecule has 1 amide bonds. The number of benzene rings is 1. The molecule has 1 saturated carbocycles. The van der Waals surface area contributed by atoms with Crippen LogP contribution in [0.1, 0.15) is 31.7 Å². The van der Waals surface area contributed by atoms with Crippen LogP contribution >= 0.6 is 12.4 Å². The predicted octanol–water partition coefficient (Wildman–Crippen LogP) is 3.77. The zero-order valence-corrected chi connectivity index (χ0v) is 24.0. The number of hydrogen-bond acceptors (Lipinski definition) is 7. The topological polar surface area (TPSA) is 98.7 Å². The van der Waals surface area contributed by atoms with Crippen LogP contribution in [0.4, 0.5) is 21.6 Å². The maximum atomic E-state index is 15.5. The first-order chi connectivity index (χ1) is 18.0. The Morgan fingerprint density at radius 2 is 1.90 bits per heavy atom. The number of carbonyl (C=O) groups excluding carboxylic acids is 1. The van der Waals surface area contributed by atoms with E-state index in [2.05, 4.69) is 33.6 Å². The Morgan fingerprint density at radius 3 is 2.51 bits per heavy atom. The highest BCUT2D eigenvalue weighted by molar-refractivity contribution is 7.92. The van der Waals surface area contributed by atoms with Crippen LogP contribution < -0.4 is 14.5 Å². The lowest BCUT2D eigenvalue weighted by atomic mass is 9.64. The van der Waals surface area contributed by atoms with Crippen molar-refractivity contribution in [2.24, 2.45) is 0 Å². The number of halogens is 2. The molecule has 0 unspecified atom stereocenters. The summed E-state index contributed by atoms with van der Waals surface area (Å²) >= 11 is 0. The molecule has 2 fully saturated rings. The van der Waals surface area contributed by atoms with E-state index >= 15 is 4.39 Å². The summed E-state index contributed by atoms with van der Waals surface area (Å²) in [6, 6.07) is 5.12. The Balaban J connectivity index is 0.00000308. The van der Waals surface area contributed by atoms with Crippen molar-refractivity contribution in [3.63, 3.8) is 0 Å². The molecular weight excluding hydrogens is 543 g/mol. The average molecular weight is 575 g/mol. The molecule has 6 rings (SSSR count). The number of likely N-dealkylation sites (N-methyl/N-ethyl adjacent to an activating group) is 2. The van der Waals surface area contributed by atoms with Crippen molar-refractivity contribution in [3.8, 4) is 11.1 Å². The molecule has 208 valence electrons. The smallest absolute Gasteiger partial charge is 0.237 e. The molecule has 1 aliphatic carbocycles. The SMILES string of the molecule is CCN(C)C1CN(c2ncc(-c3cc4c5c(cnc4cc3F)N(C)C(=O)C53CCC3)cc2NS(C)(=O)=O)C1.Cl. The lowest BCUT2D eigenvalue weighted by Gasteiger charge is -2.45. The van der Waals surface area contributed by atoms with Crippen LogP contribution in [0, 0.1) is 5.82 Å². The third-order valence-corrected chi connectivity index (χ3v) is 9.05. The zero-order chi connectivity index (χ0) is 27.0. The van der Waals surface area contributed by atoms with Gasteiger partial charge in [-0.2, -0.15) is 0 Å². The Kier molecular flexibility index (Phi) is 6.76. The van der Waals surface area contributed by atoms with Crippen LogP contribution in [-0.2, 0) is 20.2 Å². The zero-order valence-electron chi connectivity index (χ0n) is 22.4. The van der Waals surface area contributed by atoms with Gasteiger partial charge in [-0.15, -0.1) is 12.4 Å². The molecular formula is C27H32ClFN6O3S. The molecule has 0 bridgehead atoms. The van der Waals surface area contributed by atoms with Crippen molar-refractivity contribution in [1.82, 2.24) is 14.9 Å². The van der Waals surface area contributed by atoms with Gasteiger partial charge in [0.15, 0.2) is 5.82 Å². The van der Waals surface area contributed by atoms with Gasteiger partial charge in [0.25, 0.3) is 0 Å². The first-order valence-electron chi connectivity index (χ1n) is 12.9. The molecule has 39 heavy (non-hydrogen) atoms. The Morgan fingerprint density at radius 1 is 1.18 bits per heavy atom. The van der Waals surface area contributed by atoms with Crippen LogP contribution in [0.3, 0.4) is 0 Å². The number of amides is 1. The van der Waals surface area contributed by atoms with Crippen LogP contribution in [0.15, 0.2) is 30.6 Å². The second-order valence-electron chi connectivity index (χ2n) is 10.8. The molecule has 3 aliphatic rings. The molecule has 1 saturated heterocycles. The van der Waals surface area contributed by atoms with Gasteiger partial charge in [-0.1, -0.05) is 13.3 Å². The highest BCUT2D eigenvalue weighted by atomic mass is 35.5. The largest absolute Gasteiger partial charge is 0.352 e. The summed E-state index contributed by atoms with van der Waals surface area (Å²) in [6.45, 7) is 4.46. The molecule has 9 nitrogen and oxygen atoms in total. The summed E-state index contributed by atoms with van der Waals surface area (Å²) in [4.78, 5) is 28.1. The molecule has 3 aromatic rings. The number of rotatable bonds is 6. The molecule has 4 heterocycles. The third kappa shape index (κ3) is 4.31. The minimum Gasteiger partial charge on any atom is -0.352 e. The number of hydrogen-bond donors (Lipinski definition) is 1. The summed E-state index contributed by atoms with van der Waals surface area (Å²) in [5, 5.41) is 0.742. The van der Waals surface area contributed by atoms with Crippen LogP contribution in [0.25, 0.3) is 22.0 Å². The van der Waals surface area contributed by atoms with E-state index in [9.17, 15) is 13.2 Å². The lowest BCUT2D eigenvalue weighted by Crippen LogP contribution is -2.58. The third-order valence-electron chi connectivity index (χ3n) is 8.45. The second kappa shape index (κ2) is 9.57. The molecule has 12 heteroatoms. The fraction of sp³-hybridized carbons (Fsp3) is 0.444. The number of aromatic nitrogens is 2. The molecule has 2 aromatic heterocycles. The van der Waals surface area contributed by atoms with Gasteiger partial charge in [-0.3, -0.25) is 14.5 Å². The van der Waals surface area contributed by atoms with E-state index in [1.807, 2.05) is 4.90 Å². The van der Waals surface area contributed by atoms with Crippen LogP contribution in [-0.4, -0.2) is 75.2 Å². The van der Waals surface area contributed by atoms with Gasteiger partial charge in [0.05, 0.1) is 34.8 Å². The number of sulfonamides is 1. The average Bonchev–Trinajstić information content (AvgIpc) is 3.04. The van der Waals surface area contributed by atoms with E-state index < -0.39 is 21.3 Å². The van der Waals surface area contributed by atoms with E-state index in [-0.39, 0.29) is 23.9 Å². The maximum absolute atomic E-state index is 15.5. The highest BCUT2D eigenvalue weighted by Crippen LogP contribution is 2.55. The number of nitrogens with one attached hydrogen (secondary N) is 1. The van der Waals surface area contributed by atoms with Crippen molar-refractivity contribution >= 4 is 56.4 Å². The number of nitrogens with zero attached hydrogens (tertiary/aromatic N) is 5. The Hall–Kier alpha value is -3.02. The van der Waals surface area contributed by atoms with E-state index in [1.54, 1.807) is 36.5 Å². The van der Waals surface area contributed by atoms with E-state index in [0.717, 1.165) is 61.8 Å². The summed E-state index contributed by atoms with van der Waals surface area (Å²) < 4.78 is 42.5. The molecule has 0 atom stereocenters. The number of fused-ring (bicyclic) bond motifs is 4. The maximum Gasteiger partial charge on any atom is 0.237 e. The van der Waals surface area contributed by atoms with Gasteiger partial charge < -0.3 is 14.7 Å². The fourth-order valence-electron chi connectivity index (χ4n) is 6.01. The first-order valence-corrected chi connectivity index (χ1v) is 14.8. The van der Waals surface area contributed by atoms with Gasteiger partial charge in [0.1, 0.15) is 5.82 Å². The second-order valence-corrected chi connectivity index (χ2v) is 12.5. The first kappa shape index (κ1) is 27.5. The minimum absolute atomic E-state index is 0. The molecule has 0 radical (unpaired) electrons. The number of carbonyl (C=O) groups is 1. The quantitative estimate of drug-likeness (QED) is 0.478. The van der Waals surface area contributed by atoms with Gasteiger partial charge in [0, 0.05) is 60.5 Å². The molecule has 1 N–H and O–H groups in total. The standard InChI is InChI=1S/C27H31FN6O3S.ClH/c1-5-32(2)17-14-34(15-17)25-22(31-38(4,36)37)9-16(12-30-25)18-10-19-21(11-20(18)28)29-13-23-24(19)27(7-6-8-27)26(35)33(23)3;/h9-13,17,31H,5-8,14-15H2,1-4H3;1H. The normalized spacial score (nSPS) is 18.3. The van der Waals surface area contributed by atoms with Gasteiger partial charge >= 0.3 is 0 Å². The van der Waals surface area contributed by atoms with E-state index in [1.165, 1.54) is 6.07 Å².